The molecule has 0 saturated heterocycles. The zero-order valence-electron chi connectivity index (χ0n) is 8.90. The van der Waals surface area contributed by atoms with Crippen molar-refractivity contribution in [2.75, 3.05) is 26.9 Å². The minimum absolute atomic E-state index is 0.0909. The van der Waals surface area contributed by atoms with E-state index in [0.717, 1.165) is 0 Å². The number of halogens is 5. The lowest BCUT2D eigenvalue weighted by Crippen LogP contribution is -2.63. The number of hydrogen-bond acceptors (Lipinski definition) is 3. The quantitative estimate of drug-likeness (QED) is 0.575. The van der Waals surface area contributed by atoms with Crippen molar-refractivity contribution in [1.82, 2.24) is 0 Å². The van der Waals surface area contributed by atoms with Crippen molar-refractivity contribution in [2.24, 2.45) is 5.73 Å². The summed E-state index contributed by atoms with van der Waals surface area (Å²) < 4.78 is 70.8. The fourth-order valence-electron chi connectivity index (χ4n) is 0.841. The first kappa shape index (κ1) is 15.5. The lowest BCUT2D eigenvalue weighted by atomic mass is 9.95. The maximum atomic E-state index is 12.9. The van der Waals surface area contributed by atoms with Gasteiger partial charge in [0.25, 0.3) is 0 Å². The van der Waals surface area contributed by atoms with Crippen LogP contribution in [0, 0.1) is 0 Å². The summed E-state index contributed by atoms with van der Waals surface area (Å²) in [7, 11) is 1.34. The van der Waals surface area contributed by atoms with Gasteiger partial charge in [-0.25, -0.2) is 0 Å². The number of rotatable bonds is 6. The number of nitrogens with two attached hydrogens (primary N) is 1. The van der Waals surface area contributed by atoms with E-state index in [9.17, 15) is 22.0 Å². The molecule has 0 aromatic rings. The van der Waals surface area contributed by atoms with Gasteiger partial charge in [-0.1, -0.05) is 0 Å². The standard InChI is InChI=1S/C8H14F5NO2/c1-6(14,5-16-4-3-15-2)7(9,10)8(11,12)13/h3-5,14H2,1-2H3. The van der Waals surface area contributed by atoms with Crippen LogP contribution in [0.2, 0.25) is 0 Å². The van der Waals surface area contributed by atoms with Gasteiger partial charge in [0.2, 0.25) is 0 Å². The van der Waals surface area contributed by atoms with Crippen LogP contribution >= 0.6 is 0 Å². The molecule has 0 spiro atoms. The average Bonchev–Trinajstić information content (AvgIpc) is 2.10. The summed E-state index contributed by atoms with van der Waals surface area (Å²) in [6.07, 6.45) is -5.69. The second-order valence-corrected chi connectivity index (χ2v) is 3.54. The van der Waals surface area contributed by atoms with E-state index in [1.165, 1.54) is 7.11 Å². The summed E-state index contributed by atoms with van der Waals surface area (Å²) >= 11 is 0. The molecule has 8 heteroatoms. The van der Waals surface area contributed by atoms with Gasteiger partial charge in [0.05, 0.1) is 19.8 Å². The molecule has 0 aromatic heterocycles. The Morgan fingerprint density at radius 1 is 1.06 bits per heavy atom. The minimum atomic E-state index is -5.69. The Morgan fingerprint density at radius 2 is 1.56 bits per heavy atom. The van der Waals surface area contributed by atoms with Gasteiger partial charge in [0, 0.05) is 7.11 Å². The molecule has 0 heterocycles. The van der Waals surface area contributed by atoms with Gasteiger partial charge >= 0.3 is 12.1 Å². The molecule has 0 aliphatic carbocycles. The molecule has 1 unspecified atom stereocenters. The Labute approximate surface area is 89.7 Å². The third-order valence-electron chi connectivity index (χ3n) is 1.91. The molecular weight excluding hydrogens is 237 g/mol. The average molecular weight is 251 g/mol. The third-order valence-corrected chi connectivity index (χ3v) is 1.91. The molecule has 0 aliphatic rings. The first-order valence-electron chi connectivity index (χ1n) is 4.36. The van der Waals surface area contributed by atoms with Gasteiger partial charge in [0.1, 0.15) is 5.54 Å². The fourth-order valence-corrected chi connectivity index (χ4v) is 0.841. The predicted molar refractivity (Wildman–Crippen MR) is 46.3 cm³/mol. The highest BCUT2D eigenvalue weighted by Gasteiger charge is 2.66. The van der Waals surface area contributed by atoms with E-state index in [-0.39, 0.29) is 13.2 Å². The molecule has 16 heavy (non-hydrogen) atoms. The van der Waals surface area contributed by atoms with Crippen molar-refractivity contribution >= 4 is 0 Å². The summed E-state index contributed by atoms with van der Waals surface area (Å²) in [6, 6.07) is 0. The Hall–Kier alpha value is -0.470. The largest absolute Gasteiger partial charge is 0.455 e. The van der Waals surface area contributed by atoms with Crippen molar-refractivity contribution in [3.63, 3.8) is 0 Å². The van der Waals surface area contributed by atoms with Crippen LogP contribution < -0.4 is 5.73 Å². The minimum Gasteiger partial charge on any atom is -0.382 e. The third kappa shape index (κ3) is 3.53. The molecule has 1 atom stereocenters. The van der Waals surface area contributed by atoms with E-state index in [1.807, 2.05) is 0 Å². The monoisotopic (exact) mass is 251 g/mol. The Kier molecular flexibility index (Phi) is 5.09. The Bertz CT molecular complexity index is 217. The van der Waals surface area contributed by atoms with Gasteiger partial charge in [-0.2, -0.15) is 22.0 Å². The van der Waals surface area contributed by atoms with E-state index in [4.69, 9.17) is 5.73 Å². The number of methoxy groups -OCH3 is 1. The smallest absolute Gasteiger partial charge is 0.382 e. The maximum absolute atomic E-state index is 12.9. The van der Waals surface area contributed by atoms with Crippen LogP contribution in [0.25, 0.3) is 0 Å². The van der Waals surface area contributed by atoms with Gasteiger partial charge in [0.15, 0.2) is 0 Å². The van der Waals surface area contributed by atoms with Crippen molar-refractivity contribution in [3.05, 3.63) is 0 Å². The topological polar surface area (TPSA) is 44.5 Å². The molecule has 0 aliphatic heterocycles. The van der Waals surface area contributed by atoms with Crippen LogP contribution in [0.4, 0.5) is 22.0 Å². The molecule has 0 aromatic carbocycles. The highest BCUT2D eigenvalue weighted by Crippen LogP contribution is 2.42. The lowest BCUT2D eigenvalue weighted by Gasteiger charge is -2.34. The second kappa shape index (κ2) is 5.24. The molecule has 2 N–H and O–H groups in total. The summed E-state index contributed by atoms with van der Waals surface area (Å²) in [4.78, 5) is 0. The highest BCUT2D eigenvalue weighted by molar-refractivity contribution is 4.98. The molecule has 98 valence electrons. The SMILES string of the molecule is COCCOCC(C)(N)C(F)(F)C(F)(F)F. The van der Waals surface area contributed by atoms with Crippen LogP contribution in [-0.4, -0.2) is 44.6 Å². The number of hydrogen-bond donors (Lipinski definition) is 1. The van der Waals surface area contributed by atoms with Crippen LogP contribution in [0.3, 0.4) is 0 Å². The fraction of sp³-hybridized carbons (Fsp3) is 1.00. The highest BCUT2D eigenvalue weighted by atomic mass is 19.4. The van der Waals surface area contributed by atoms with Gasteiger partial charge < -0.3 is 15.2 Å². The normalized spacial score (nSPS) is 17.2. The summed E-state index contributed by atoms with van der Waals surface area (Å²) in [5.41, 5.74) is 2.12. The van der Waals surface area contributed by atoms with Crippen molar-refractivity contribution in [2.45, 2.75) is 24.6 Å². The van der Waals surface area contributed by atoms with E-state index in [1.54, 1.807) is 0 Å². The molecule has 0 bridgehead atoms. The number of ether oxygens (including phenoxy) is 2. The molecule has 0 rings (SSSR count). The van der Waals surface area contributed by atoms with Crippen molar-refractivity contribution < 1.29 is 31.4 Å². The summed E-state index contributed by atoms with van der Waals surface area (Å²) in [6.45, 7) is -0.332. The summed E-state index contributed by atoms with van der Waals surface area (Å²) in [5, 5.41) is 0. The zero-order chi connectivity index (χ0) is 13.0. The molecule has 0 amide bonds. The van der Waals surface area contributed by atoms with Crippen molar-refractivity contribution in [1.29, 1.82) is 0 Å². The Balaban J connectivity index is 4.41. The van der Waals surface area contributed by atoms with Gasteiger partial charge in [-0.05, 0) is 6.92 Å². The van der Waals surface area contributed by atoms with Crippen LogP contribution in [0.5, 0.6) is 0 Å². The molecular formula is C8H14F5NO2. The van der Waals surface area contributed by atoms with Crippen LogP contribution in [0.1, 0.15) is 6.92 Å². The first-order chi connectivity index (χ1) is 7.06. The Morgan fingerprint density at radius 3 is 1.94 bits per heavy atom. The van der Waals surface area contributed by atoms with Gasteiger partial charge in [-0.15, -0.1) is 0 Å². The van der Waals surface area contributed by atoms with Crippen LogP contribution in [-0.2, 0) is 9.47 Å². The van der Waals surface area contributed by atoms with Crippen LogP contribution in [0.15, 0.2) is 0 Å². The molecule has 0 radical (unpaired) electrons. The van der Waals surface area contributed by atoms with Gasteiger partial charge in [-0.3, -0.25) is 0 Å². The predicted octanol–water partition coefficient (Wildman–Crippen LogP) is 1.56. The summed E-state index contributed by atoms with van der Waals surface area (Å²) in [5.74, 6) is -5.01. The van der Waals surface area contributed by atoms with E-state index < -0.39 is 24.2 Å². The maximum Gasteiger partial charge on any atom is 0.455 e. The zero-order valence-corrected chi connectivity index (χ0v) is 8.90. The number of alkyl halides is 5. The first-order valence-corrected chi connectivity index (χ1v) is 4.36. The van der Waals surface area contributed by atoms with E-state index in [2.05, 4.69) is 9.47 Å². The second-order valence-electron chi connectivity index (χ2n) is 3.54. The molecule has 0 fully saturated rings. The van der Waals surface area contributed by atoms with E-state index >= 15 is 0 Å². The van der Waals surface area contributed by atoms with Crippen molar-refractivity contribution in [3.8, 4) is 0 Å². The lowest BCUT2D eigenvalue weighted by molar-refractivity contribution is -0.309. The van der Waals surface area contributed by atoms with E-state index in [0.29, 0.717) is 6.92 Å². The molecule has 0 saturated carbocycles. The molecule has 3 nitrogen and oxygen atoms in total.